The molecule has 0 saturated carbocycles. The zero-order chi connectivity index (χ0) is 33.2. The molecule has 9 heteroatoms. The average Bonchev–Trinajstić information content (AvgIpc) is 3.50. The van der Waals surface area contributed by atoms with E-state index in [1.165, 1.54) is 0 Å². The Kier molecular flexibility index (Phi) is 11.3. The van der Waals surface area contributed by atoms with E-state index >= 15 is 0 Å². The van der Waals surface area contributed by atoms with Gasteiger partial charge in [-0.05, 0) is 59.7 Å². The highest BCUT2D eigenvalue weighted by Gasteiger charge is 2.54. The van der Waals surface area contributed by atoms with Gasteiger partial charge in [0.15, 0.2) is 11.6 Å². The number of aliphatic hydroxyl groups is 1. The first kappa shape index (κ1) is 33.5. The molecule has 0 spiro atoms. The maximum atomic E-state index is 14.6. The molecule has 2 atom stereocenters. The number of nitrogens with zero attached hydrogens (tertiary/aromatic N) is 1. The van der Waals surface area contributed by atoms with E-state index in [0.717, 1.165) is 36.5 Å². The van der Waals surface area contributed by atoms with Gasteiger partial charge in [-0.2, -0.15) is 0 Å². The number of carbonyl (C=O) groups is 1. The summed E-state index contributed by atoms with van der Waals surface area (Å²) in [6.07, 6.45) is 0.125. The highest BCUT2D eigenvalue weighted by Crippen LogP contribution is 2.44. The van der Waals surface area contributed by atoms with Crippen molar-refractivity contribution in [2.75, 3.05) is 13.2 Å². The number of hydrogen-bond donors (Lipinski definition) is 3. The van der Waals surface area contributed by atoms with E-state index in [0.29, 0.717) is 37.6 Å². The molecule has 0 fully saturated rings. The number of nitrogens with one attached hydrogen (secondary N) is 2. The minimum Gasteiger partial charge on any atom is -0.494 e. The standard InChI is InChI=1S/C39H36BrN3O4S/c40-34-18-9-8-17-33(34)36-39(26-28-12-3-1-4-13-28,42-37(47-36)29-20-22-31(23-21-29)46-25-11-24-44)38(45)43-41-27-30-14-7-10-19-35(30)48-32-15-5-2-6-16-32/h1-10,12-23,36,41,44H,11,24-27H2,(H,43,45)/t36-,39-/m0/s1. The monoisotopic (exact) mass is 721 g/mol. The highest BCUT2D eigenvalue weighted by molar-refractivity contribution is 9.10. The van der Waals surface area contributed by atoms with E-state index < -0.39 is 11.6 Å². The van der Waals surface area contributed by atoms with Crippen LogP contribution in [0.15, 0.2) is 153 Å². The van der Waals surface area contributed by atoms with Crippen LogP contribution in [0.4, 0.5) is 0 Å². The fourth-order valence-corrected chi connectivity index (χ4v) is 7.00. The summed E-state index contributed by atoms with van der Waals surface area (Å²) >= 11 is 5.39. The molecule has 0 bridgehead atoms. The third-order valence-electron chi connectivity index (χ3n) is 7.96. The minimum atomic E-state index is -1.35. The van der Waals surface area contributed by atoms with Gasteiger partial charge in [-0.3, -0.25) is 10.2 Å². The van der Waals surface area contributed by atoms with Crippen molar-refractivity contribution in [2.45, 2.75) is 40.8 Å². The van der Waals surface area contributed by atoms with Gasteiger partial charge in [0, 0.05) is 51.4 Å². The fraction of sp³-hybridized carbons (Fsp3) is 0.179. The van der Waals surface area contributed by atoms with Gasteiger partial charge in [0.1, 0.15) is 5.75 Å². The lowest BCUT2D eigenvalue weighted by atomic mass is 9.82. The van der Waals surface area contributed by atoms with Crippen LogP contribution in [0.25, 0.3) is 0 Å². The normalized spacial score (nSPS) is 17.0. The van der Waals surface area contributed by atoms with Crippen LogP contribution in [0.3, 0.4) is 0 Å². The third-order valence-corrected chi connectivity index (χ3v) is 9.81. The summed E-state index contributed by atoms with van der Waals surface area (Å²) in [5, 5.41) is 9.09. The van der Waals surface area contributed by atoms with Crippen molar-refractivity contribution in [3.8, 4) is 5.75 Å². The van der Waals surface area contributed by atoms with E-state index in [-0.39, 0.29) is 12.5 Å². The van der Waals surface area contributed by atoms with Crippen molar-refractivity contribution >= 4 is 39.5 Å². The number of hydrogen-bond acceptors (Lipinski definition) is 7. The van der Waals surface area contributed by atoms with Crippen LogP contribution in [0, 0.1) is 0 Å². The summed E-state index contributed by atoms with van der Waals surface area (Å²) in [5.41, 5.74) is 8.42. The van der Waals surface area contributed by atoms with Crippen LogP contribution in [-0.4, -0.2) is 35.7 Å². The van der Waals surface area contributed by atoms with Gasteiger partial charge in [-0.1, -0.05) is 113 Å². The number of halogens is 1. The third kappa shape index (κ3) is 7.99. The van der Waals surface area contributed by atoms with E-state index in [2.05, 4.69) is 51.0 Å². The Labute approximate surface area is 293 Å². The van der Waals surface area contributed by atoms with Crippen molar-refractivity contribution in [1.29, 1.82) is 0 Å². The maximum Gasteiger partial charge on any atom is 0.266 e. The fourth-order valence-electron chi connectivity index (χ4n) is 5.55. The topological polar surface area (TPSA) is 92.2 Å². The number of aliphatic hydroxyl groups excluding tert-OH is 1. The Hall–Kier alpha value is -4.41. The summed E-state index contributed by atoms with van der Waals surface area (Å²) in [6, 6.07) is 43.5. The molecule has 5 aromatic rings. The van der Waals surface area contributed by atoms with Crippen LogP contribution < -0.4 is 15.6 Å². The molecule has 5 aromatic carbocycles. The number of rotatable bonds is 14. The summed E-state index contributed by atoms with van der Waals surface area (Å²) in [7, 11) is 0. The molecule has 0 aromatic heterocycles. The van der Waals surface area contributed by atoms with Gasteiger partial charge in [0.25, 0.3) is 5.91 Å². The lowest BCUT2D eigenvalue weighted by Crippen LogP contribution is -2.53. The molecule has 1 aliphatic heterocycles. The molecule has 7 nitrogen and oxygen atoms in total. The molecular formula is C39H36BrN3O4S. The predicted octanol–water partition coefficient (Wildman–Crippen LogP) is 7.68. The number of benzene rings is 5. The summed E-state index contributed by atoms with van der Waals surface area (Å²) < 4.78 is 13.2. The molecule has 48 heavy (non-hydrogen) atoms. The number of aliphatic imine (C=N–C) groups is 1. The Balaban J connectivity index is 1.31. The van der Waals surface area contributed by atoms with Crippen molar-refractivity contribution in [3.63, 3.8) is 0 Å². The number of amides is 1. The Bertz CT molecular complexity index is 1840. The minimum absolute atomic E-state index is 0.0682. The molecule has 244 valence electrons. The molecule has 0 unspecified atom stereocenters. The molecule has 0 saturated heterocycles. The quantitative estimate of drug-likeness (QED) is 0.0805. The van der Waals surface area contributed by atoms with Gasteiger partial charge < -0.3 is 14.6 Å². The zero-order valence-corrected chi connectivity index (χ0v) is 28.6. The van der Waals surface area contributed by atoms with Gasteiger partial charge in [-0.15, -0.1) is 0 Å². The van der Waals surface area contributed by atoms with Crippen molar-refractivity contribution in [2.24, 2.45) is 4.99 Å². The Morgan fingerprint density at radius 2 is 1.56 bits per heavy atom. The van der Waals surface area contributed by atoms with E-state index in [9.17, 15) is 4.79 Å². The summed E-state index contributed by atoms with van der Waals surface area (Å²) in [4.78, 5) is 22.0. The average molecular weight is 723 g/mol. The zero-order valence-electron chi connectivity index (χ0n) is 26.2. The van der Waals surface area contributed by atoms with Gasteiger partial charge in [-0.25, -0.2) is 10.4 Å². The molecule has 0 radical (unpaired) electrons. The maximum absolute atomic E-state index is 14.6. The molecule has 0 aliphatic carbocycles. The van der Waals surface area contributed by atoms with Crippen LogP contribution in [0.1, 0.15) is 34.8 Å². The molecule has 3 N–H and O–H groups in total. The van der Waals surface area contributed by atoms with Crippen LogP contribution in [0.2, 0.25) is 0 Å². The van der Waals surface area contributed by atoms with Gasteiger partial charge in [0.2, 0.25) is 5.90 Å². The van der Waals surface area contributed by atoms with Crippen LogP contribution in [-0.2, 0) is 22.5 Å². The van der Waals surface area contributed by atoms with Crippen molar-refractivity contribution in [1.82, 2.24) is 10.9 Å². The largest absolute Gasteiger partial charge is 0.494 e. The first-order valence-electron chi connectivity index (χ1n) is 15.8. The van der Waals surface area contributed by atoms with E-state index in [1.54, 1.807) is 11.8 Å². The number of ether oxygens (including phenoxy) is 2. The molecule has 1 amide bonds. The Morgan fingerprint density at radius 3 is 2.31 bits per heavy atom. The van der Waals surface area contributed by atoms with Gasteiger partial charge in [0.05, 0.1) is 6.61 Å². The lowest BCUT2D eigenvalue weighted by molar-refractivity contribution is -0.130. The molecule has 1 heterocycles. The van der Waals surface area contributed by atoms with Crippen LogP contribution >= 0.6 is 27.7 Å². The van der Waals surface area contributed by atoms with Gasteiger partial charge >= 0.3 is 0 Å². The Morgan fingerprint density at radius 1 is 0.875 bits per heavy atom. The molecule has 1 aliphatic rings. The predicted molar refractivity (Wildman–Crippen MR) is 193 cm³/mol. The number of carbonyl (C=O) groups excluding carboxylic acids is 1. The summed E-state index contributed by atoms with van der Waals surface area (Å²) in [5.74, 6) is 0.740. The van der Waals surface area contributed by atoms with Crippen molar-refractivity contribution in [3.05, 3.63) is 160 Å². The molecule has 6 rings (SSSR count). The number of hydrazine groups is 1. The lowest BCUT2D eigenvalue weighted by Gasteiger charge is -2.31. The van der Waals surface area contributed by atoms with E-state index in [1.807, 2.05) is 109 Å². The molecular weight excluding hydrogens is 686 g/mol. The first-order chi connectivity index (χ1) is 23.6. The van der Waals surface area contributed by atoms with Crippen LogP contribution in [0.5, 0.6) is 5.75 Å². The summed E-state index contributed by atoms with van der Waals surface area (Å²) in [6.45, 7) is 0.900. The second kappa shape index (κ2) is 16.1. The SMILES string of the molecule is O=C(NNCc1ccccc1Sc1ccccc1)[C@@]1(Cc2ccccc2)N=C(c2ccc(OCCCO)cc2)O[C@H]1c1ccccc1Br. The smallest absolute Gasteiger partial charge is 0.266 e. The van der Waals surface area contributed by atoms with Crippen molar-refractivity contribution < 1.29 is 19.4 Å². The van der Waals surface area contributed by atoms with E-state index in [4.69, 9.17) is 19.6 Å². The highest BCUT2D eigenvalue weighted by atomic mass is 79.9. The second-order valence-electron chi connectivity index (χ2n) is 11.3. The second-order valence-corrected chi connectivity index (χ2v) is 13.3. The first-order valence-corrected chi connectivity index (χ1v) is 17.4.